The van der Waals surface area contributed by atoms with Crippen LogP contribution in [0.15, 0.2) is 35.5 Å². The number of piperidine rings is 1. The number of carbonyl (C=O) groups excluding carboxylic acids is 1. The van der Waals surface area contributed by atoms with E-state index in [0.29, 0.717) is 31.4 Å². The molecule has 11 heteroatoms. The number of nitrogens with one attached hydrogen (secondary N) is 2. The van der Waals surface area contributed by atoms with E-state index in [0.717, 1.165) is 56.7 Å². The molecule has 0 spiro atoms. The van der Waals surface area contributed by atoms with Crippen molar-refractivity contribution < 1.29 is 22.3 Å². The zero-order valence-electron chi connectivity index (χ0n) is 19.2. The Bertz CT molecular complexity index is 1120. The molecule has 1 aliphatic heterocycles. The number of sulfone groups is 1. The van der Waals surface area contributed by atoms with E-state index < -0.39 is 15.7 Å². The number of anilines is 2. The molecule has 1 aromatic carbocycles. The van der Waals surface area contributed by atoms with Crippen LogP contribution in [0.4, 0.5) is 20.7 Å². The summed E-state index contributed by atoms with van der Waals surface area (Å²) in [5, 5.41) is 6.27. The monoisotopic (exact) mass is 491 g/mol. The number of carbonyl (C=O) groups is 1. The first kappa shape index (κ1) is 24.3. The minimum Gasteiger partial charge on any atom is -0.446 e. The van der Waals surface area contributed by atoms with Gasteiger partial charge in [-0.05, 0) is 62.8 Å². The van der Waals surface area contributed by atoms with Gasteiger partial charge in [-0.15, -0.1) is 0 Å². The summed E-state index contributed by atoms with van der Waals surface area (Å²) in [6, 6.07) is 5.43. The third kappa shape index (κ3) is 6.41. The number of ether oxygens (including phenoxy) is 1. The van der Waals surface area contributed by atoms with Gasteiger partial charge in [-0.25, -0.2) is 27.6 Å². The fourth-order valence-electron chi connectivity index (χ4n) is 3.96. The summed E-state index contributed by atoms with van der Waals surface area (Å²) in [5.41, 5.74) is 0.875. The lowest BCUT2D eigenvalue weighted by atomic mass is 9.96. The van der Waals surface area contributed by atoms with E-state index in [-0.39, 0.29) is 22.8 Å². The second-order valence-corrected chi connectivity index (χ2v) is 10.9. The third-order valence-electron chi connectivity index (χ3n) is 6.29. The van der Waals surface area contributed by atoms with Crippen LogP contribution in [0.5, 0.6) is 0 Å². The van der Waals surface area contributed by atoms with Gasteiger partial charge in [0, 0.05) is 32.0 Å². The largest absolute Gasteiger partial charge is 0.446 e. The number of amides is 1. The van der Waals surface area contributed by atoms with Crippen LogP contribution in [0.3, 0.4) is 0 Å². The first-order valence-corrected chi connectivity index (χ1v) is 13.4. The van der Waals surface area contributed by atoms with E-state index >= 15 is 0 Å². The summed E-state index contributed by atoms with van der Waals surface area (Å²) in [5.74, 6) is 0.204. The zero-order chi connectivity index (χ0) is 24.1. The van der Waals surface area contributed by atoms with Crippen LogP contribution in [-0.4, -0.2) is 61.4 Å². The highest BCUT2D eigenvalue weighted by atomic mass is 32.2. The van der Waals surface area contributed by atoms with Gasteiger partial charge in [0.2, 0.25) is 0 Å². The maximum absolute atomic E-state index is 14.3. The summed E-state index contributed by atoms with van der Waals surface area (Å²) in [7, 11) is -3.48. The fourth-order valence-corrected chi connectivity index (χ4v) is 4.59. The van der Waals surface area contributed by atoms with E-state index in [2.05, 4.69) is 20.6 Å². The van der Waals surface area contributed by atoms with Crippen molar-refractivity contribution in [1.29, 1.82) is 0 Å². The fraction of sp³-hybridized carbons (Fsp3) is 0.522. The summed E-state index contributed by atoms with van der Waals surface area (Å²) >= 11 is 0. The first-order valence-electron chi connectivity index (χ1n) is 11.5. The highest BCUT2D eigenvalue weighted by Crippen LogP contribution is 2.25. The van der Waals surface area contributed by atoms with Gasteiger partial charge in [0.15, 0.2) is 9.84 Å². The van der Waals surface area contributed by atoms with E-state index in [9.17, 15) is 17.6 Å². The lowest BCUT2D eigenvalue weighted by Gasteiger charge is -2.34. The maximum Gasteiger partial charge on any atom is 0.410 e. The first-order chi connectivity index (χ1) is 16.3. The number of aromatic nitrogens is 2. The molecular weight excluding hydrogens is 461 g/mol. The van der Waals surface area contributed by atoms with Crippen LogP contribution in [-0.2, 0) is 21.1 Å². The Hall–Kier alpha value is -2.79. The molecule has 2 aliphatic rings. The highest BCUT2D eigenvalue weighted by Gasteiger charge is 2.28. The van der Waals surface area contributed by atoms with Gasteiger partial charge in [-0.1, -0.05) is 0 Å². The number of likely N-dealkylation sites (tertiary alicyclic amines) is 1. The molecule has 0 unspecified atom stereocenters. The molecule has 0 atom stereocenters. The maximum atomic E-state index is 14.3. The van der Waals surface area contributed by atoms with Gasteiger partial charge in [0.05, 0.1) is 16.3 Å². The second kappa shape index (κ2) is 10.6. The van der Waals surface area contributed by atoms with Gasteiger partial charge in [0.25, 0.3) is 0 Å². The van der Waals surface area contributed by atoms with Crippen molar-refractivity contribution >= 4 is 27.4 Å². The van der Waals surface area contributed by atoms with E-state index in [4.69, 9.17) is 4.74 Å². The van der Waals surface area contributed by atoms with Crippen LogP contribution < -0.4 is 10.6 Å². The Morgan fingerprint density at radius 3 is 2.59 bits per heavy atom. The molecule has 2 aromatic rings. The number of benzene rings is 1. The molecule has 0 bridgehead atoms. The molecule has 2 heterocycles. The second-order valence-electron chi connectivity index (χ2n) is 8.93. The molecule has 4 rings (SSSR count). The number of nitrogens with zero attached hydrogens (tertiary/aromatic N) is 3. The molecular formula is C23H30FN5O4S. The molecule has 9 nitrogen and oxygen atoms in total. The number of hydrogen-bond donors (Lipinski definition) is 2. The Labute approximate surface area is 199 Å². The molecule has 1 saturated carbocycles. The molecule has 2 N–H and O–H groups in total. The molecule has 34 heavy (non-hydrogen) atoms. The topological polar surface area (TPSA) is 114 Å². The van der Waals surface area contributed by atoms with Crippen molar-refractivity contribution in [3.8, 4) is 0 Å². The molecule has 184 valence electrons. The van der Waals surface area contributed by atoms with Gasteiger partial charge in [-0.2, -0.15) is 0 Å². The summed E-state index contributed by atoms with van der Waals surface area (Å²) in [4.78, 5) is 22.3. The van der Waals surface area contributed by atoms with Crippen molar-refractivity contribution in [2.75, 3.05) is 31.2 Å². The number of hydrogen-bond acceptors (Lipinski definition) is 8. The zero-order valence-corrected chi connectivity index (χ0v) is 20.0. The summed E-state index contributed by atoms with van der Waals surface area (Å²) in [6.07, 6.45) is 7.32. The molecule has 1 aromatic heterocycles. The minimum atomic E-state index is -3.48. The average molecular weight is 492 g/mol. The lowest BCUT2D eigenvalue weighted by Crippen LogP contribution is -2.42. The van der Waals surface area contributed by atoms with Crippen molar-refractivity contribution in [3.05, 3.63) is 42.1 Å². The molecule has 1 aliphatic carbocycles. The summed E-state index contributed by atoms with van der Waals surface area (Å²) < 4.78 is 43.0. The Kier molecular flexibility index (Phi) is 7.62. The van der Waals surface area contributed by atoms with Gasteiger partial charge < -0.3 is 20.3 Å². The SMILES string of the molecule is CS(=O)(=O)c1ccc(Nc2cc(CNCC3CCN(C(=O)OC4CCC4)CC3)ncn2)c(F)c1. The van der Waals surface area contributed by atoms with Crippen LogP contribution in [0.25, 0.3) is 0 Å². The molecule has 0 radical (unpaired) electrons. The van der Waals surface area contributed by atoms with Crippen molar-refractivity contribution in [1.82, 2.24) is 20.2 Å². The Balaban J connectivity index is 1.22. The van der Waals surface area contributed by atoms with Crippen molar-refractivity contribution in [2.45, 2.75) is 49.6 Å². The van der Waals surface area contributed by atoms with Crippen LogP contribution in [0, 0.1) is 11.7 Å². The van der Waals surface area contributed by atoms with Gasteiger partial charge >= 0.3 is 6.09 Å². The standard InChI is InChI=1S/C23H30FN5O4S/c1-34(31,32)19-5-6-21(20(24)12-19)28-22-11-17(26-15-27-22)14-25-13-16-7-9-29(10-8-16)23(30)33-18-3-2-4-18/h5-6,11-12,15-16,18,25H,2-4,7-10,13-14H2,1H3,(H,26,27,28). The Morgan fingerprint density at radius 2 is 1.94 bits per heavy atom. The smallest absolute Gasteiger partial charge is 0.410 e. The molecule has 1 saturated heterocycles. The quantitative estimate of drug-likeness (QED) is 0.579. The normalized spacial score (nSPS) is 17.3. The third-order valence-corrected chi connectivity index (χ3v) is 7.40. The van der Waals surface area contributed by atoms with Crippen molar-refractivity contribution in [3.63, 3.8) is 0 Å². The van der Waals surface area contributed by atoms with E-state index in [1.807, 2.05) is 0 Å². The minimum absolute atomic E-state index is 0.0794. The van der Waals surface area contributed by atoms with Gasteiger partial charge in [-0.3, -0.25) is 0 Å². The van der Waals surface area contributed by atoms with Crippen LogP contribution in [0.1, 0.15) is 37.8 Å². The molecule has 1 amide bonds. The predicted molar refractivity (Wildman–Crippen MR) is 125 cm³/mol. The Morgan fingerprint density at radius 1 is 1.18 bits per heavy atom. The number of halogens is 1. The van der Waals surface area contributed by atoms with Gasteiger partial charge in [0.1, 0.15) is 24.1 Å². The number of rotatable bonds is 8. The van der Waals surface area contributed by atoms with Crippen LogP contribution >= 0.6 is 0 Å². The van der Waals surface area contributed by atoms with Crippen LogP contribution in [0.2, 0.25) is 0 Å². The highest BCUT2D eigenvalue weighted by molar-refractivity contribution is 7.90. The average Bonchev–Trinajstić information content (AvgIpc) is 2.77. The molecule has 2 fully saturated rings. The summed E-state index contributed by atoms with van der Waals surface area (Å²) in [6.45, 7) is 2.75. The van der Waals surface area contributed by atoms with Crippen molar-refractivity contribution in [2.24, 2.45) is 5.92 Å². The lowest BCUT2D eigenvalue weighted by molar-refractivity contribution is 0.0205. The van der Waals surface area contributed by atoms with E-state index in [1.54, 1.807) is 11.0 Å². The van der Waals surface area contributed by atoms with E-state index in [1.165, 1.54) is 18.5 Å². The predicted octanol–water partition coefficient (Wildman–Crippen LogP) is 3.25.